The summed E-state index contributed by atoms with van der Waals surface area (Å²) in [7, 11) is 0. The van der Waals surface area contributed by atoms with Crippen molar-refractivity contribution in [3.05, 3.63) is 29.8 Å². The Hall–Kier alpha value is -1.97. The Morgan fingerprint density at radius 3 is 2.61 bits per heavy atom. The lowest BCUT2D eigenvalue weighted by atomic mass is 9.47. The molecule has 5 saturated carbocycles. The van der Waals surface area contributed by atoms with Crippen molar-refractivity contribution in [2.75, 3.05) is 18.1 Å². The summed E-state index contributed by atoms with van der Waals surface area (Å²) in [6, 6.07) is 7.05. The summed E-state index contributed by atoms with van der Waals surface area (Å²) in [5.74, 6) is 3.56. The number of nitrogens with zero attached hydrogens (tertiary/aromatic N) is 1. The predicted molar refractivity (Wildman–Crippen MR) is 124 cm³/mol. The number of hydrogen-bond acceptors (Lipinski definition) is 3. The SMILES string of the molecule is NC(=O)C12CC3CC(C1)C(N1CC=Cc4cccc(OCC5CCCCC5)c41)C(C3)C2. The van der Waals surface area contributed by atoms with E-state index >= 15 is 0 Å². The van der Waals surface area contributed by atoms with Crippen molar-refractivity contribution in [2.45, 2.75) is 70.3 Å². The summed E-state index contributed by atoms with van der Waals surface area (Å²) in [4.78, 5) is 15.0. The predicted octanol–water partition coefficient (Wildman–Crippen LogP) is 5.16. The summed E-state index contributed by atoms with van der Waals surface area (Å²) in [6.45, 7) is 1.79. The quantitative estimate of drug-likeness (QED) is 0.716. The Balaban J connectivity index is 1.29. The Morgan fingerprint density at radius 1 is 1.10 bits per heavy atom. The van der Waals surface area contributed by atoms with Crippen LogP contribution in [0.15, 0.2) is 24.3 Å². The molecule has 4 bridgehead atoms. The van der Waals surface area contributed by atoms with Crippen LogP contribution in [-0.4, -0.2) is 25.1 Å². The zero-order valence-electron chi connectivity index (χ0n) is 18.6. The molecular formula is C27H36N2O2. The van der Waals surface area contributed by atoms with Crippen molar-refractivity contribution in [1.82, 2.24) is 0 Å². The number of benzene rings is 1. The maximum atomic E-state index is 12.4. The van der Waals surface area contributed by atoms with Gasteiger partial charge in [-0.25, -0.2) is 0 Å². The number of primary amides is 1. The number of anilines is 1. The lowest BCUT2D eigenvalue weighted by molar-refractivity contribution is -0.144. The van der Waals surface area contributed by atoms with E-state index in [1.54, 1.807) is 0 Å². The minimum atomic E-state index is -0.224. The summed E-state index contributed by atoms with van der Waals surface area (Å²) < 4.78 is 6.53. The average Bonchev–Trinajstić information content (AvgIpc) is 2.77. The highest BCUT2D eigenvalue weighted by atomic mass is 16.5. The number of nitrogens with two attached hydrogens (primary N) is 1. The van der Waals surface area contributed by atoms with Crippen molar-refractivity contribution in [1.29, 1.82) is 0 Å². The monoisotopic (exact) mass is 420 g/mol. The number of amides is 1. The number of rotatable bonds is 5. The van der Waals surface area contributed by atoms with Gasteiger partial charge in [0.1, 0.15) is 5.75 Å². The highest BCUT2D eigenvalue weighted by Crippen LogP contribution is 2.61. The molecule has 31 heavy (non-hydrogen) atoms. The molecule has 166 valence electrons. The maximum Gasteiger partial charge on any atom is 0.223 e. The van der Waals surface area contributed by atoms with Gasteiger partial charge in [-0.3, -0.25) is 4.79 Å². The third kappa shape index (κ3) is 3.29. The molecule has 1 amide bonds. The third-order valence-electron chi connectivity index (χ3n) is 9.22. The molecule has 6 aliphatic rings. The van der Waals surface area contributed by atoms with E-state index in [1.165, 1.54) is 56.2 Å². The van der Waals surface area contributed by atoms with Crippen LogP contribution in [0.5, 0.6) is 5.75 Å². The van der Waals surface area contributed by atoms with Gasteiger partial charge in [-0.05, 0) is 74.7 Å². The average molecular weight is 421 g/mol. The molecule has 4 nitrogen and oxygen atoms in total. The molecule has 1 aliphatic heterocycles. The van der Waals surface area contributed by atoms with Crippen molar-refractivity contribution in [3.63, 3.8) is 0 Å². The van der Waals surface area contributed by atoms with Crippen LogP contribution in [0.3, 0.4) is 0 Å². The lowest BCUT2D eigenvalue weighted by Gasteiger charge is -2.61. The molecule has 7 rings (SSSR count). The van der Waals surface area contributed by atoms with Crippen LogP contribution in [0, 0.1) is 29.1 Å². The molecular weight excluding hydrogens is 384 g/mol. The van der Waals surface area contributed by atoms with Crippen molar-refractivity contribution in [3.8, 4) is 5.75 Å². The second-order valence-electron chi connectivity index (χ2n) is 11.2. The fourth-order valence-corrected chi connectivity index (χ4v) is 8.12. The van der Waals surface area contributed by atoms with Crippen LogP contribution >= 0.6 is 0 Å². The second-order valence-corrected chi connectivity index (χ2v) is 11.2. The van der Waals surface area contributed by atoms with Crippen LogP contribution < -0.4 is 15.4 Å². The summed E-state index contributed by atoms with van der Waals surface area (Å²) >= 11 is 0. The largest absolute Gasteiger partial charge is 0.491 e. The van der Waals surface area contributed by atoms with Gasteiger partial charge >= 0.3 is 0 Å². The standard InChI is InChI=1S/C27H36N2O2/c28-26(30)27-14-19-12-21(15-27)24(22(13-19)16-27)29-11-5-9-20-8-4-10-23(25(20)29)31-17-18-6-2-1-3-7-18/h4-5,8-10,18-19,21-22,24H,1-3,6-7,11-17H2,(H2,28,30). The molecule has 4 heteroatoms. The van der Waals surface area contributed by atoms with Crippen molar-refractivity contribution in [2.24, 2.45) is 34.8 Å². The molecule has 5 fully saturated rings. The third-order valence-corrected chi connectivity index (χ3v) is 9.22. The smallest absolute Gasteiger partial charge is 0.223 e. The number of carbonyl (C=O) groups excluding carboxylic acids is 1. The van der Waals surface area contributed by atoms with E-state index in [2.05, 4.69) is 35.3 Å². The number of para-hydroxylation sites is 1. The number of fused-ring (bicyclic) bond motifs is 1. The van der Waals surface area contributed by atoms with E-state index in [4.69, 9.17) is 10.5 Å². The minimum Gasteiger partial charge on any atom is -0.491 e. The molecule has 2 unspecified atom stereocenters. The van der Waals surface area contributed by atoms with Gasteiger partial charge in [0.15, 0.2) is 0 Å². The summed E-state index contributed by atoms with van der Waals surface area (Å²) in [5, 5.41) is 0. The first-order valence-electron chi connectivity index (χ1n) is 12.6. The first-order valence-corrected chi connectivity index (χ1v) is 12.6. The molecule has 5 aliphatic carbocycles. The second kappa shape index (κ2) is 7.56. The van der Waals surface area contributed by atoms with Crippen LogP contribution in [0.1, 0.15) is 69.8 Å². The van der Waals surface area contributed by atoms with Crippen molar-refractivity contribution >= 4 is 17.7 Å². The van der Waals surface area contributed by atoms with Gasteiger partial charge in [-0.1, -0.05) is 43.5 Å². The van der Waals surface area contributed by atoms with E-state index in [0.29, 0.717) is 29.7 Å². The fourth-order valence-electron chi connectivity index (χ4n) is 8.12. The molecule has 1 heterocycles. The highest BCUT2D eigenvalue weighted by Gasteiger charge is 2.59. The summed E-state index contributed by atoms with van der Waals surface area (Å²) in [6.07, 6.45) is 16.8. The van der Waals surface area contributed by atoms with Gasteiger partial charge in [0.05, 0.1) is 12.3 Å². The number of carbonyl (C=O) groups is 1. The van der Waals surface area contributed by atoms with Crippen LogP contribution in [0.2, 0.25) is 0 Å². The Bertz CT molecular complexity index is 871. The van der Waals surface area contributed by atoms with Gasteiger partial charge in [-0.15, -0.1) is 0 Å². The van der Waals surface area contributed by atoms with Crippen LogP contribution in [0.4, 0.5) is 5.69 Å². The maximum absolute atomic E-state index is 12.4. The summed E-state index contributed by atoms with van der Waals surface area (Å²) in [5.41, 5.74) is 8.30. The number of ether oxygens (including phenoxy) is 1. The zero-order valence-corrected chi connectivity index (χ0v) is 18.6. The topological polar surface area (TPSA) is 55.6 Å². The molecule has 0 saturated heterocycles. The fraction of sp³-hybridized carbons (Fsp3) is 0.667. The highest BCUT2D eigenvalue weighted by molar-refractivity contribution is 5.82. The van der Waals surface area contributed by atoms with Crippen molar-refractivity contribution < 1.29 is 9.53 Å². The van der Waals surface area contributed by atoms with Gasteiger partial charge in [0.2, 0.25) is 5.91 Å². The van der Waals surface area contributed by atoms with Gasteiger partial charge < -0.3 is 15.4 Å². The molecule has 1 aromatic carbocycles. The van der Waals surface area contributed by atoms with E-state index < -0.39 is 0 Å². The Labute approximate surface area is 186 Å². The van der Waals surface area contributed by atoms with Crippen LogP contribution in [-0.2, 0) is 4.79 Å². The molecule has 2 atom stereocenters. The Kier molecular flexibility index (Phi) is 4.81. The van der Waals surface area contributed by atoms with E-state index in [0.717, 1.165) is 38.2 Å². The van der Waals surface area contributed by atoms with Crippen LogP contribution in [0.25, 0.3) is 6.08 Å². The van der Waals surface area contributed by atoms with Gasteiger partial charge in [0.25, 0.3) is 0 Å². The molecule has 1 aromatic rings. The van der Waals surface area contributed by atoms with E-state index in [9.17, 15) is 4.79 Å². The first-order chi connectivity index (χ1) is 15.1. The lowest BCUT2D eigenvalue weighted by Crippen LogP contribution is -2.62. The van der Waals surface area contributed by atoms with E-state index in [1.807, 2.05) is 0 Å². The molecule has 2 N–H and O–H groups in total. The normalized spacial score (nSPS) is 36.5. The Morgan fingerprint density at radius 2 is 1.87 bits per heavy atom. The van der Waals surface area contributed by atoms with E-state index in [-0.39, 0.29) is 11.3 Å². The minimum absolute atomic E-state index is 0.0409. The number of hydrogen-bond donors (Lipinski definition) is 1. The molecule has 0 spiro atoms. The molecule has 0 radical (unpaired) electrons. The zero-order chi connectivity index (χ0) is 21.0. The van der Waals surface area contributed by atoms with Gasteiger partial charge in [-0.2, -0.15) is 0 Å². The first kappa shape index (κ1) is 19.7. The molecule has 0 aromatic heterocycles. The van der Waals surface area contributed by atoms with Gasteiger partial charge in [0, 0.05) is 23.6 Å².